The molecule has 2 aromatic rings. The van der Waals surface area contributed by atoms with Gasteiger partial charge in [0.25, 0.3) is 5.91 Å². The summed E-state index contributed by atoms with van der Waals surface area (Å²) in [7, 11) is 0. The van der Waals surface area contributed by atoms with Crippen LogP contribution in [-0.2, 0) is 6.42 Å². The smallest absolute Gasteiger partial charge is 0.251 e. The molecule has 0 radical (unpaired) electrons. The lowest BCUT2D eigenvalue weighted by Gasteiger charge is -2.34. The van der Waals surface area contributed by atoms with E-state index < -0.39 is 0 Å². The Labute approximate surface area is 199 Å². The number of hydrazone groups is 1. The van der Waals surface area contributed by atoms with Crippen LogP contribution in [0.3, 0.4) is 0 Å². The van der Waals surface area contributed by atoms with Crippen LogP contribution in [0.4, 0.5) is 11.4 Å². The van der Waals surface area contributed by atoms with E-state index >= 15 is 0 Å². The Bertz CT molecular complexity index is 1150. The molecule has 2 aromatic carbocycles. The number of halogens is 1. The number of carbonyl (C=O) groups is 1. The van der Waals surface area contributed by atoms with Crippen molar-refractivity contribution in [1.29, 1.82) is 0 Å². The number of amides is 1. The Morgan fingerprint density at radius 1 is 1.21 bits per heavy atom. The van der Waals surface area contributed by atoms with Gasteiger partial charge in [0.2, 0.25) is 5.69 Å². The topological polar surface area (TPSA) is 69.3 Å². The maximum atomic E-state index is 12.4. The van der Waals surface area contributed by atoms with Crippen molar-refractivity contribution in [3.05, 3.63) is 69.5 Å². The van der Waals surface area contributed by atoms with Crippen LogP contribution >= 0.6 is 11.6 Å². The number of aliphatic hydroxyl groups is 1. The van der Waals surface area contributed by atoms with Crippen molar-refractivity contribution in [2.45, 2.75) is 44.6 Å². The second-order valence-corrected chi connectivity index (χ2v) is 9.52. The number of aliphatic hydroxyl groups excluding tert-OH is 1. The van der Waals surface area contributed by atoms with E-state index in [1.54, 1.807) is 6.07 Å². The molecular formula is C26H27ClN4O2. The van der Waals surface area contributed by atoms with Crippen molar-refractivity contribution < 1.29 is 9.90 Å². The molecule has 6 nitrogen and oxygen atoms in total. The van der Waals surface area contributed by atoms with Gasteiger partial charge in [0, 0.05) is 28.6 Å². The molecule has 3 aliphatic rings. The van der Waals surface area contributed by atoms with Crippen LogP contribution in [0.2, 0.25) is 5.02 Å². The normalized spacial score (nSPS) is 21.8. The first-order valence-electron chi connectivity index (χ1n) is 11.7. The lowest BCUT2D eigenvalue weighted by atomic mass is 9.74. The number of hydrogen-bond acceptors (Lipinski definition) is 4. The number of nitrogens with one attached hydrogen (secondary N) is 1. The summed E-state index contributed by atoms with van der Waals surface area (Å²) in [4.78, 5) is 15.9. The molecule has 0 saturated heterocycles. The molecule has 7 heteroatoms. The van der Waals surface area contributed by atoms with Crippen molar-refractivity contribution in [3.63, 3.8) is 0 Å². The van der Waals surface area contributed by atoms with Gasteiger partial charge in [0.1, 0.15) is 0 Å². The summed E-state index contributed by atoms with van der Waals surface area (Å²) in [6, 6.07) is 11.7. The van der Waals surface area contributed by atoms with Gasteiger partial charge in [-0.3, -0.25) is 9.80 Å². The Balaban J connectivity index is 1.52. The number of carbonyl (C=O) groups excluding carboxylic acids is 1. The summed E-state index contributed by atoms with van der Waals surface area (Å²) < 4.78 is 0. The minimum absolute atomic E-state index is 0.0750. The molecule has 0 spiro atoms. The number of hydrogen-bond donors (Lipinski definition) is 2. The first-order chi connectivity index (χ1) is 16.1. The number of rotatable bonds is 5. The van der Waals surface area contributed by atoms with E-state index in [-0.39, 0.29) is 25.1 Å². The van der Waals surface area contributed by atoms with Crippen molar-refractivity contribution in [3.8, 4) is 0 Å². The maximum Gasteiger partial charge on any atom is 0.251 e. The van der Waals surface area contributed by atoms with Crippen LogP contribution in [0.5, 0.6) is 0 Å². The molecule has 1 amide bonds. The molecule has 170 valence electrons. The van der Waals surface area contributed by atoms with Crippen LogP contribution in [0.25, 0.3) is 4.85 Å². The molecule has 0 unspecified atom stereocenters. The van der Waals surface area contributed by atoms with Gasteiger partial charge in [-0.25, -0.2) is 4.85 Å². The summed E-state index contributed by atoms with van der Waals surface area (Å²) >= 11 is 6.39. The predicted molar refractivity (Wildman–Crippen MR) is 130 cm³/mol. The third-order valence-corrected chi connectivity index (χ3v) is 7.53. The summed E-state index contributed by atoms with van der Waals surface area (Å²) in [5.74, 6) is 0.761. The van der Waals surface area contributed by atoms with Gasteiger partial charge < -0.3 is 10.4 Å². The lowest BCUT2D eigenvalue weighted by Crippen LogP contribution is -2.40. The highest BCUT2D eigenvalue weighted by Gasteiger charge is 2.45. The molecule has 2 N–H and O–H groups in total. The number of aryl methyl sites for hydroxylation is 1. The first-order valence-corrected chi connectivity index (χ1v) is 12.1. The number of anilines is 1. The first kappa shape index (κ1) is 21.9. The summed E-state index contributed by atoms with van der Waals surface area (Å²) in [5.41, 5.74) is 5.38. The minimum Gasteiger partial charge on any atom is -0.395 e. The molecule has 0 bridgehead atoms. The van der Waals surface area contributed by atoms with E-state index in [2.05, 4.69) is 15.2 Å². The third kappa shape index (κ3) is 4.01. The SMILES string of the molecule is [C-]#[N+]c1ccc(N2N=C3c4ccc(C(=O)NCCO)cc4CC[C@@H]3[C@@H]2C2CCCC2)cc1Cl. The van der Waals surface area contributed by atoms with E-state index in [0.717, 1.165) is 35.4 Å². The molecule has 1 heterocycles. The molecule has 5 rings (SSSR count). The zero-order valence-electron chi connectivity index (χ0n) is 18.4. The van der Waals surface area contributed by atoms with Crippen LogP contribution in [-0.4, -0.2) is 35.9 Å². The van der Waals surface area contributed by atoms with E-state index in [1.165, 1.54) is 25.7 Å². The Morgan fingerprint density at radius 2 is 2.03 bits per heavy atom. The second kappa shape index (κ2) is 9.17. The van der Waals surface area contributed by atoms with Crippen molar-refractivity contribution in [1.82, 2.24) is 5.32 Å². The van der Waals surface area contributed by atoms with Gasteiger partial charge in [-0.1, -0.05) is 36.6 Å². The Hall–Kier alpha value is -2.88. The standard InChI is InChI=1S/C26H27ClN4O2/c1-28-23-11-8-19(15-22(23)27)31-25(16-4-2-3-5-16)21-10-6-17-14-18(26(33)29-12-13-32)7-9-20(17)24(21)30-31/h7-9,11,14-16,21,25,32H,2-6,10,12-13H2,(H,29,33)/t21-,25-/m0/s1. The molecular weight excluding hydrogens is 436 g/mol. The lowest BCUT2D eigenvalue weighted by molar-refractivity contribution is 0.0944. The highest BCUT2D eigenvalue weighted by Crippen LogP contribution is 2.45. The summed E-state index contributed by atoms with van der Waals surface area (Å²) in [6.45, 7) is 7.47. The zero-order chi connectivity index (χ0) is 22.9. The fraction of sp³-hybridized carbons (Fsp3) is 0.423. The van der Waals surface area contributed by atoms with Crippen LogP contribution in [0.1, 0.15) is 53.6 Å². The molecule has 1 aliphatic heterocycles. The van der Waals surface area contributed by atoms with Crippen molar-refractivity contribution in [2.24, 2.45) is 16.9 Å². The van der Waals surface area contributed by atoms with E-state index in [9.17, 15) is 4.79 Å². The van der Waals surface area contributed by atoms with E-state index in [4.69, 9.17) is 28.4 Å². The molecule has 2 atom stereocenters. The van der Waals surface area contributed by atoms with E-state index in [0.29, 0.717) is 28.1 Å². The average molecular weight is 463 g/mol. The number of fused-ring (bicyclic) bond motifs is 3. The molecule has 1 fully saturated rings. The van der Waals surface area contributed by atoms with Gasteiger partial charge in [0.15, 0.2) is 0 Å². The van der Waals surface area contributed by atoms with Gasteiger partial charge in [-0.15, -0.1) is 0 Å². The third-order valence-electron chi connectivity index (χ3n) is 7.23. The van der Waals surface area contributed by atoms with E-state index in [1.807, 2.05) is 30.3 Å². The monoisotopic (exact) mass is 462 g/mol. The van der Waals surface area contributed by atoms with Crippen molar-refractivity contribution >= 4 is 34.6 Å². The average Bonchev–Trinajstić information content (AvgIpc) is 3.49. The predicted octanol–water partition coefficient (Wildman–Crippen LogP) is 4.96. The molecule has 2 aliphatic carbocycles. The Kier molecular flexibility index (Phi) is 6.09. The van der Waals surface area contributed by atoms with Crippen LogP contribution < -0.4 is 10.3 Å². The molecule has 1 saturated carbocycles. The van der Waals surface area contributed by atoms with Gasteiger partial charge >= 0.3 is 0 Å². The van der Waals surface area contributed by atoms with Gasteiger partial charge in [-0.05, 0) is 61.4 Å². The Morgan fingerprint density at radius 3 is 2.76 bits per heavy atom. The highest BCUT2D eigenvalue weighted by atomic mass is 35.5. The van der Waals surface area contributed by atoms with Crippen LogP contribution in [0.15, 0.2) is 41.5 Å². The molecule has 33 heavy (non-hydrogen) atoms. The maximum absolute atomic E-state index is 12.4. The fourth-order valence-electron chi connectivity index (χ4n) is 5.71. The van der Waals surface area contributed by atoms with Crippen LogP contribution in [0, 0.1) is 18.4 Å². The largest absolute Gasteiger partial charge is 0.395 e. The molecule has 0 aromatic heterocycles. The summed E-state index contributed by atoms with van der Waals surface area (Å²) in [6.07, 6.45) is 6.86. The quantitative estimate of drug-likeness (QED) is 0.617. The summed E-state index contributed by atoms with van der Waals surface area (Å²) in [5, 5.41) is 19.5. The zero-order valence-corrected chi connectivity index (χ0v) is 19.2. The van der Waals surface area contributed by atoms with Gasteiger partial charge in [-0.2, -0.15) is 5.10 Å². The van der Waals surface area contributed by atoms with Crippen molar-refractivity contribution in [2.75, 3.05) is 18.2 Å². The highest BCUT2D eigenvalue weighted by molar-refractivity contribution is 6.33. The minimum atomic E-state index is -0.165. The van der Waals surface area contributed by atoms with Gasteiger partial charge in [0.05, 0.1) is 30.6 Å². The second-order valence-electron chi connectivity index (χ2n) is 9.11. The fourth-order valence-corrected chi connectivity index (χ4v) is 5.93. The number of benzene rings is 2. The number of nitrogens with zero attached hydrogens (tertiary/aromatic N) is 3.